The molecule has 13 heteroatoms. The van der Waals surface area contributed by atoms with Crippen molar-refractivity contribution in [2.75, 3.05) is 23.9 Å². The fraction of sp³-hybridized carbons (Fsp3) is 0.280. The summed E-state index contributed by atoms with van der Waals surface area (Å²) in [5.74, 6) is -1.81. The van der Waals surface area contributed by atoms with Crippen LogP contribution in [0.5, 0.6) is 0 Å². The largest absolute Gasteiger partial charge is 0.419 e. The standard InChI is InChI=1S/C25H22F4N4O4S/c1-32-8-6-16-14(12-38(2,36)37)9-13-11-33(19-5-7-30-22(20(13)19)21(16)23(32)34)24(35)31-15-3-4-18(26)17(10-15)25(27,28)29/h3-4,6,8-11,19,30H,5,7,12H2,1-2H3,(H,31,35). The number of urea groups is 1. The van der Waals surface area contributed by atoms with E-state index in [-0.39, 0.29) is 22.6 Å². The smallest absolute Gasteiger partial charge is 0.384 e. The molecule has 200 valence electrons. The van der Waals surface area contributed by atoms with Crippen molar-refractivity contribution in [2.24, 2.45) is 7.05 Å². The highest BCUT2D eigenvalue weighted by atomic mass is 32.2. The molecule has 0 spiro atoms. The lowest BCUT2D eigenvalue weighted by Gasteiger charge is -2.31. The molecule has 1 aromatic heterocycles. The van der Waals surface area contributed by atoms with Crippen molar-refractivity contribution < 1.29 is 30.8 Å². The van der Waals surface area contributed by atoms with E-state index in [4.69, 9.17) is 0 Å². The average Bonchev–Trinajstić information content (AvgIpc) is 3.12. The van der Waals surface area contributed by atoms with Crippen LogP contribution in [0, 0.1) is 5.82 Å². The third-order valence-electron chi connectivity index (χ3n) is 6.62. The molecule has 3 heterocycles. The minimum absolute atomic E-state index is 0.245. The minimum Gasteiger partial charge on any atom is -0.384 e. The van der Waals surface area contributed by atoms with Gasteiger partial charge in [0, 0.05) is 43.5 Å². The summed E-state index contributed by atoms with van der Waals surface area (Å²) in [5, 5.41) is 5.62. The first-order chi connectivity index (χ1) is 17.7. The Morgan fingerprint density at radius 3 is 2.66 bits per heavy atom. The Balaban J connectivity index is 1.60. The van der Waals surface area contributed by atoms with Crippen LogP contribution >= 0.6 is 0 Å². The number of pyridine rings is 1. The fourth-order valence-electron chi connectivity index (χ4n) is 5.02. The molecule has 3 aliphatic rings. The monoisotopic (exact) mass is 550 g/mol. The van der Waals surface area contributed by atoms with Crippen LogP contribution < -0.4 is 16.2 Å². The van der Waals surface area contributed by atoms with Crippen LogP contribution in [0.4, 0.5) is 28.0 Å². The van der Waals surface area contributed by atoms with Crippen LogP contribution in [-0.4, -0.2) is 48.5 Å². The second-order valence-electron chi connectivity index (χ2n) is 9.39. The van der Waals surface area contributed by atoms with E-state index in [1.807, 2.05) is 0 Å². The normalized spacial score (nSPS) is 18.7. The summed E-state index contributed by atoms with van der Waals surface area (Å²) in [7, 11) is -1.93. The zero-order valence-corrected chi connectivity index (χ0v) is 21.0. The van der Waals surface area contributed by atoms with Gasteiger partial charge in [0.05, 0.1) is 28.6 Å². The molecule has 0 saturated heterocycles. The Bertz CT molecular complexity index is 1640. The number of rotatable bonds is 3. The molecule has 5 rings (SSSR count). The van der Waals surface area contributed by atoms with Gasteiger partial charge in [-0.05, 0) is 53.5 Å². The Morgan fingerprint density at radius 1 is 1.24 bits per heavy atom. The van der Waals surface area contributed by atoms with Gasteiger partial charge in [-0.3, -0.25) is 9.69 Å². The van der Waals surface area contributed by atoms with E-state index in [9.17, 15) is 35.6 Å². The number of aromatic nitrogens is 1. The lowest BCUT2D eigenvalue weighted by atomic mass is 9.92. The number of aryl methyl sites for hydroxylation is 1. The Morgan fingerprint density at radius 2 is 1.97 bits per heavy atom. The Kier molecular flexibility index (Phi) is 6.01. The van der Waals surface area contributed by atoms with Gasteiger partial charge in [-0.15, -0.1) is 0 Å². The van der Waals surface area contributed by atoms with Crippen molar-refractivity contribution in [1.29, 1.82) is 0 Å². The number of allylic oxidation sites excluding steroid dienone is 1. The van der Waals surface area contributed by atoms with Gasteiger partial charge < -0.3 is 15.2 Å². The van der Waals surface area contributed by atoms with Crippen molar-refractivity contribution in [1.82, 2.24) is 14.8 Å². The third kappa shape index (κ3) is 4.51. The summed E-state index contributed by atoms with van der Waals surface area (Å²) >= 11 is 0. The molecule has 0 bridgehead atoms. The van der Waals surface area contributed by atoms with Crippen LogP contribution in [0.15, 0.2) is 58.7 Å². The van der Waals surface area contributed by atoms with Crippen LogP contribution in [0.25, 0.3) is 11.3 Å². The van der Waals surface area contributed by atoms with E-state index < -0.39 is 39.5 Å². The number of alkyl halides is 3. The van der Waals surface area contributed by atoms with E-state index in [1.54, 1.807) is 25.4 Å². The van der Waals surface area contributed by atoms with Crippen molar-refractivity contribution in [2.45, 2.75) is 18.6 Å². The van der Waals surface area contributed by atoms with Crippen molar-refractivity contribution in [3.05, 3.63) is 86.7 Å². The number of sulfone groups is 1. The molecule has 8 nitrogen and oxygen atoms in total. The molecule has 1 atom stereocenters. The zero-order valence-electron chi connectivity index (χ0n) is 20.2. The fourth-order valence-corrected chi connectivity index (χ4v) is 5.82. The van der Waals surface area contributed by atoms with Crippen molar-refractivity contribution in [3.63, 3.8) is 0 Å². The summed E-state index contributed by atoms with van der Waals surface area (Å²) < 4.78 is 79.0. The summed E-state index contributed by atoms with van der Waals surface area (Å²) in [5.41, 5.74) is 0.589. The molecule has 38 heavy (non-hydrogen) atoms. The molecular weight excluding hydrogens is 528 g/mol. The van der Waals surface area contributed by atoms with Gasteiger partial charge in [0.2, 0.25) is 0 Å². The molecule has 2 aromatic rings. The Hall–Kier alpha value is -3.87. The quantitative estimate of drug-likeness (QED) is 0.570. The predicted octanol–water partition coefficient (Wildman–Crippen LogP) is 3.49. The van der Waals surface area contributed by atoms with Gasteiger partial charge in [-0.25, -0.2) is 17.6 Å². The number of nitrogens with zero attached hydrogens (tertiary/aromatic N) is 2. The first kappa shape index (κ1) is 25.8. The number of hydrogen-bond donors (Lipinski definition) is 2. The second-order valence-corrected chi connectivity index (χ2v) is 11.5. The first-order valence-electron chi connectivity index (χ1n) is 11.5. The molecule has 1 aliphatic carbocycles. The number of fused-ring (bicyclic) bond motifs is 2. The van der Waals surface area contributed by atoms with Gasteiger partial charge in [0.25, 0.3) is 5.56 Å². The van der Waals surface area contributed by atoms with E-state index in [0.29, 0.717) is 53.1 Å². The van der Waals surface area contributed by atoms with Gasteiger partial charge >= 0.3 is 12.2 Å². The summed E-state index contributed by atoms with van der Waals surface area (Å²) in [6, 6.07) is 2.51. The molecule has 2 N–H and O–H groups in total. The summed E-state index contributed by atoms with van der Waals surface area (Å²) in [4.78, 5) is 27.8. The highest BCUT2D eigenvalue weighted by Crippen LogP contribution is 2.43. The van der Waals surface area contributed by atoms with Gasteiger partial charge in [0.1, 0.15) is 5.82 Å². The SMILES string of the molecule is Cn1ccc2c(c1=O)C1=C3C(=CN(C(=O)Nc4ccc(F)c(C(F)(F)F)c4)C3CCN1)C=C2CS(C)(=O)=O. The predicted molar refractivity (Wildman–Crippen MR) is 133 cm³/mol. The number of benzene rings is 1. The lowest BCUT2D eigenvalue weighted by molar-refractivity contribution is -0.139. The molecule has 0 radical (unpaired) electrons. The zero-order chi connectivity index (χ0) is 27.6. The maximum Gasteiger partial charge on any atom is 0.419 e. The number of anilines is 1. The number of carbonyl (C=O) groups excluding carboxylic acids is 1. The van der Waals surface area contributed by atoms with Crippen LogP contribution in [0.1, 0.15) is 23.1 Å². The number of nitrogens with one attached hydrogen (secondary N) is 2. The van der Waals surface area contributed by atoms with E-state index >= 15 is 0 Å². The van der Waals surface area contributed by atoms with Crippen LogP contribution in [0.2, 0.25) is 0 Å². The van der Waals surface area contributed by atoms with Crippen LogP contribution in [0.3, 0.4) is 0 Å². The molecule has 0 fully saturated rings. The molecule has 1 aromatic carbocycles. The van der Waals surface area contributed by atoms with Crippen LogP contribution in [-0.2, 0) is 23.1 Å². The molecule has 2 amide bonds. The topological polar surface area (TPSA) is 101 Å². The van der Waals surface area contributed by atoms with E-state index in [1.165, 1.54) is 15.7 Å². The maximum absolute atomic E-state index is 13.7. The molecular formula is C25H22F4N4O4S. The number of carbonyl (C=O) groups is 1. The maximum atomic E-state index is 13.7. The molecule has 1 unspecified atom stereocenters. The van der Waals surface area contributed by atoms with E-state index in [2.05, 4.69) is 10.6 Å². The number of hydrogen-bond acceptors (Lipinski definition) is 5. The first-order valence-corrected chi connectivity index (χ1v) is 13.6. The van der Waals surface area contributed by atoms with Crippen molar-refractivity contribution >= 4 is 32.8 Å². The molecule has 2 aliphatic heterocycles. The van der Waals surface area contributed by atoms with E-state index in [0.717, 1.165) is 12.3 Å². The summed E-state index contributed by atoms with van der Waals surface area (Å²) in [6.45, 7) is 0.377. The van der Waals surface area contributed by atoms with Crippen molar-refractivity contribution in [3.8, 4) is 0 Å². The Labute approximate surface area is 214 Å². The summed E-state index contributed by atoms with van der Waals surface area (Å²) in [6.07, 6.45) is 1.21. The lowest BCUT2D eigenvalue weighted by Crippen LogP contribution is -2.42. The number of halogens is 4. The highest BCUT2D eigenvalue weighted by molar-refractivity contribution is 7.91. The number of amides is 2. The molecule has 0 saturated carbocycles. The van der Waals surface area contributed by atoms with Gasteiger partial charge in [0.15, 0.2) is 9.84 Å². The van der Waals surface area contributed by atoms with Gasteiger partial charge in [-0.2, -0.15) is 13.2 Å². The highest BCUT2D eigenvalue weighted by Gasteiger charge is 2.41. The minimum atomic E-state index is -4.94. The average molecular weight is 551 g/mol. The second kappa shape index (κ2) is 8.86. The third-order valence-corrected chi connectivity index (χ3v) is 7.45. The van der Waals surface area contributed by atoms with Gasteiger partial charge in [-0.1, -0.05) is 0 Å².